The molecule has 270 valence electrons. The second-order valence-corrected chi connectivity index (χ2v) is 15.3. The van der Waals surface area contributed by atoms with Crippen LogP contribution in [0.2, 0.25) is 0 Å². The van der Waals surface area contributed by atoms with Crippen molar-refractivity contribution >= 4 is 87.2 Å². The Hall–Kier alpha value is -7.82. The lowest BCUT2D eigenvalue weighted by molar-refractivity contribution is 1.14. The van der Waals surface area contributed by atoms with Crippen molar-refractivity contribution in [3.05, 3.63) is 206 Å². The van der Waals surface area contributed by atoms with E-state index in [2.05, 4.69) is 225 Å². The third-order valence-electron chi connectivity index (χ3n) is 12.3. The molecule has 0 aliphatic rings. The van der Waals surface area contributed by atoms with Crippen LogP contribution in [0.1, 0.15) is 0 Å². The summed E-state index contributed by atoms with van der Waals surface area (Å²) in [6.07, 6.45) is 0. The number of nitrogens with zero attached hydrogens (tertiary/aromatic N) is 4. The van der Waals surface area contributed by atoms with E-state index in [1.54, 1.807) is 0 Å². The van der Waals surface area contributed by atoms with Crippen molar-refractivity contribution in [2.75, 3.05) is 0 Å². The maximum absolute atomic E-state index is 2.53. The lowest BCUT2D eigenvalue weighted by Crippen LogP contribution is -2.01. The maximum atomic E-state index is 2.53. The van der Waals surface area contributed by atoms with Crippen LogP contribution in [0.5, 0.6) is 0 Å². The number of hydrogen-bond acceptors (Lipinski definition) is 0. The molecule has 4 heterocycles. The molecule has 4 aromatic heterocycles. The summed E-state index contributed by atoms with van der Waals surface area (Å²) in [5, 5.41) is 9.91. The first kappa shape index (κ1) is 31.4. The lowest BCUT2D eigenvalue weighted by Gasteiger charge is -2.15. The van der Waals surface area contributed by atoms with E-state index in [0.29, 0.717) is 0 Å². The first-order valence-electron chi connectivity index (χ1n) is 20.0. The fourth-order valence-corrected chi connectivity index (χ4v) is 10.0. The minimum atomic E-state index is 1.14. The summed E-state index contributed by atoms with van der Waals surface area (Å²) in [5.74, 6) is 0. The zero-order valence-corrected chi connectivity index (χ0v) is 31.4. The molecule has 0 amide bonds. The molecule has 0 atom stereocenters. The van der Waals surface area contributed by atoms with Gasteiger partial charge >= 0.3 is 0 Å². The van der Waals surface area contributed by atoms with Crippen LogP contribution in [0.25, 0.3) is 110 Å². The van der Waals surface area contributed by atoms with Crippen LogP contribution in [0.4, 0.5) is 0 Å². The molecule has 9 aromatic carbocycles. The van der Waals surface area contributed by atoms with Crippen LogP contribution in [-0.4, -0.2) is 18.3 Å². The molecule has 0 fully saturated rings. The third-order valence-corrected chi connectivity index (χ3v) is 12.3. The normalized spacial score (nSPS) is 12.1. The minimum absolute atomic E-state index is 1.14. The first-order chi connectivity index (χ1) is 28.8. The lowest BCUT2D eigenvalue weighted by atomic mass is 10.1. The Morgan fingerprint density at radius 2 is 0.655 bits per heavy atom. The molecule has 4 nitrogen and oxygen atoms in total. The van der Waals surface area contributed by atoms with Gasteiger partial charge < -0.3 is 18.3 Å². The van der Waals surface area contributed by atoms with Crippen LogP contribution in [0.15, 0.2) is 206 Å². The molecule has 0 N–H and O–H groups in total. The van der Waals surface area contributed by atoms with E-state index in [1.807, 2.05) is 0 Å². The second-order valence-electron chi connectivity index (χ2n) is 15.3. The molecule has 13 aromatic rings. The molecule has 0 saturated heterocycles. The highest BCUT2D eigenvalue weighted by molar-refractivity contribution is 6.19. The van der Waals surface area contributed by atoms with Crippen LogP contribution < -0.4 is 0 Å². The van der Waals surface area contributed by atoms with Gasteiger partial charge in [0.25, 0.3) is 0 Å². The summed E-state index contributed by atoms with van der Waals surface area (Å²) in [6, 6.07) is 75.4. The van der Waals surface area contributed by atoms with E-state index in [9.17, 15) is 0 Å². The Bertz CT molecular complexity index is 3740. The van der Waals surface area contributed by atoms with E-state index in [4.69, 9.17) is 0 Å². The van der Waals surface area contributed by atoms with E-state index < -0.39 is 0 Å². The van der Waals surface area contributed by atoms with E-state index in [1.165, 1.54) is 87.2 Å². The van der Waals surface area contributed by atoms with Gasteiger partial charge in [-0.1, -0.05) is 127 Å². The molecular formula is C54H34N4. The third kappa shape index (κ3) is 4.18. The molecule has 58 heavy (non-hydrogen) atoms. The largest absolute Gasteiger partial charge is 0.309 e. The highest BCUT2D eigenvalue weighted by Crippen LogP contribution is 2.43. The standard InChI is InChI=1S/C54H34N4/c1-2-16-35(17-3-1)55-44-24-9-7-21-40(44)43-34-36(32-33-49(43)55)56-48-28-13-8-22-42(48)53-50(56)29-15-30-51(53)58-47-27-12-6-20-39(47)41-23-14-31-52(54(41)58)57-45-25-10-4-18-37(45)38-19-5-11-26-46(38)57/h1-34H. The van der Waals surface area contributed by atoms with Gasteiger partial charge in [-0.3, -0.25) is 0 Å². The summed E-state index contributed by atoms with van der Waals surface area (Å²) in [4.78, 5) is 0. The van der Waals surface area contributed by atoms with Crippen molar-refractivity contribution in [1.29, 1.82) is 0 Å². The molecule has 0 bridgehead atoms. The van der Waals surface area contributed by atoms with Gasteiger partial charge in [0.05, 0.1) is 55.5 Å². The molecule has 0 aliphatic carbocycles. The molecule has 0 radical (unpaired) electrons. The molecule has 0 saturated carbocycles. The summed E-state index contributed by atoms with van der Waals surface area (Å²) in [5.41, 5.74) is 14.1. The summed E-state index contributed by atoms with van der Waals surface area (Å²) in [7, 11) is 0. The highest BCUT2D eigenvalue weighted by atomic mass is 15.1. The number of para-hydroxylation sites is 7. The van der Waals surface area contributed by atoms with E-state index in [0.717, 1.165) is 22.7 Å². The van der Waals surface area contributed by atoms with Crippen molar-refractivity contribution in [1.82, 2.24) is 18.3 Å². The maximum Gasteiger partial charge on any atom is 0.0782 e. The zero-order chi connectivity index (χ0) is 37.9. The fourth-order valence-electron chi connectivity index (χ4n) is 10.0. The number of rotatable bonds is 4. The van der Waals surface area contributed by atoms with Gasteiger partial charge in [0.1, 0.15) is 0 Å². The summed E-state index contributed by atoms with van der Waals surface area (Å²) >= 11 is 0. The Morgan fingerprint density at radius 1 is 0.224 bits per heavy atom. The van der Waals surface area contributed by atoms with Crippen molar-refractivity contribution in [2.24, 2.45) is 0 Å². The van der Waals surface area contributed by atoms with Gasteiger partial charge in [0, 0.05) is 54.5 Å². The van der Waals surface area contributed by atoms with Gasteiger partial charge in [-0.15, -0.1) is 0 Å². The van der Waals surface area contributed by atoms with Crippen LogP contribution in [-0.2, 0) is 0 Å². The van der Waals surface area contributed by atoms with E-state index >= 15 is 0 Å². The average Bonchev–Trinajstić information content (AvgIpc) is 4.02. The van der Waals surface area contributed by atoms with Crippen molar-refractivity contribution in [3.63, 3.8) is 0 Å². The number of fused-ring (bicyclic) bond motifs is 12. The van der Waals surface area contributed by atoms with Crippen molar-refractivity contribution in [3.8, 4) is 22.7 Å². The Balaban J connectivity index is 1.13. The second kappa shape index (κ2) is 11.8. The first-order valence-corrected chi connectivity index (χ1v) is 20.0. The quantitative estimate of drug-likeness (QED) is 0.171. The summed E-state index contributed by atoms with van der Waals surface area (Å²) < 4.78 is 9.84. The number of hydrogen-bond donors (Lipinski definition) is 0. The number of benzene rings is 9. The molecule has 0 unspecified atom stereocenters. The van der Waals surface area contributed by atoms with Crippen molar-refractivity contribution in [2.45, 2.75) is 0 Å². The minimum Gasteiger partial charge on any atom is -0.309 e. The van der Waals surface area contributed by atoms with Gasteiger partial charge in [0.15, 0.2) is 0 Å². The van der Waals surface area contributed by atoms with Crippen LogP contribution >= 0.6 is 0 Å². The van der Waals surface area contributed by atoms with Crippen LogP contribution in [0.3, 0.4) is 0 Å². The van der Waals surface area contributed by atoms with Crippen LogP contribution in [0, 0.1) is 0 Å². The Kier molecular flexibility index (Phi) is 6.41. The smallest absolute Gasteiger partial charge is 0.0782 e. The van der Waals surface area contributed by atoms with E-state index in [-0.39, 0.29) is 0 Å². The molecule has 0 spiro atoms. The Labute approximate surface area is 333 Å². The highest BCUT2D eigenvalue weighted by Gasteiger charge is 2.23. The predicted octanol–water partition coefficient (Wildman–Crippen LogP) is 14.1. The van der Waals surface area contributed by atoms with Gasteiger partial charge in [0.2, 0.25) is 0 Å². The molecular weight excluding hydrogens is 705 g/mol. The van der Waals surface area contributed by atoms with Crippen molar-refractivity contribution < 1.29 is 0 Å². The molecule has 0 aliphatic heterocycles. The summed E-state index contributed by atoms with van der Waals surface area (Å²) in [6.45, 7) is 0. The zero-order valence-electron chi connectivity index (χ0n) is 31.4. The molecule has 4 heteroatoms. The monoisotopic (exact) mass is 738 g/mol. The Morgan fingerprint density at radius 3 is 1.33 bits per heavy atom. The fraction of sp³-hybridized carbons (Fsp3) is 0. The predicted molar refractivity (Wildman–Crippen MR) is 244 cm³/mol. The topological polar surface area (TPSA) is 19.7 Å². The average molecular weight is 739 g/mol. The SMILES string of the molecule is c1ccc(-n2c3ccccc3c3cc(-n4c5ccccc5c5c(-n6c7ccccc7c7cccc(-n8c9ccccc9c9ccccc98)c76)cccc54)ccc32)cc1. The number of aromatic nitrogens is 4. The van der Waals surface area contributed by atoms with Gasteiger partial charge in [-0.25, -0.2) is 0 Å². The van der Waals surface area contributed by atoms with Gasteiger partial charge in [-0.2, -0.15) is 0 Å². The molecule has 13 rings (SSSR count). The van der Waals surface area contributed by atoms with Gasteiger partial charge in [-0.05, 0) is 78.9 Å².